The molecule has 2 aromatic carbocycles. The maximum atomic E-state index is 14.1. The molecule has 1 N–H and O–H groups in total. The minimum Gasteiger partial charge on any atom is -0.493 e. The Bertz CT molecular complexity index is 1720. The number of carbonyl (C=O) groups excluding carboxylic acids is 2. The van der Waals surface area contributed by atoms with Crippen molar-refractivity contribution in [2.24, 2.45) is 0 Å². The number of ketones is 1. The minimum atomic E-state index is -0.894. The SMILES string of the molecule is CCOc1ccc([C@H]2CC(=O)C3=C(C2)NC(C)=C(C(=O)OC2CCCC2)[C@@H]3c2coc3ccc(C)cc3c2=O)cc1OC. The van der Waals surface area contributed by atoms with E-state index >= 15 is 0 Å². The zero-order valence-corrected chi connectivity index (χ0v) is 25.1. The fraction of sp³-hybridized carbons (Fsp3) is 0.400. The van der Waals surface area contributed by atoms with Gasteiger partial charge in [-0.05, 0) is 88.6 Å². The van der Waals surface area contributed by atoms with Gasteiger partial charge in [0.15, 0.2) is 22.7 Å². The summed E-state index contributed by atoms with van der Waals surface area (Å²) in [6.45, 7) is 6.14. The summed E-state index contributed by atoms with van der Waals surface area (Å²) in [5, 5.41) is 3.80. The summed E-state index contributed by atoms with van der Waals surface area (Å²) >= 11 is 0. The van der Waals surface area contributed by atoms with Crippen LogP contribution >= 0.6 is 0 Å². The van der Waals surface area contributed by atoms with Crippen molar-refractivity contribution in [2.75, 3.05) is 13.7 Å². The van der Waals surface area contributed by atoms with Crippen LogP contribution in [0.1, 0.15) is 80.9 Å². The molecule has 2 heterocycles. The summed E-state index contributed by atoms with van der Waals surface area (Å²) in [4.78, 5) is 41.9. The number of aryl methyl sites for hydroxylation is 1. The number of ether oxygens (including phenoxy) is 3. The zero-order chi connectivity index (χ0) is 30.2. The van der Waals surface area contributed by atoms with Gasteiger partial charge in [-0.15, -0.1) is 0 Å². The highest BCUT2D eigenvalue weighted by atomic mass is 16.5. The van der Waals surface area contributed by atoms with Crippen molar-refractivity contribution in [1.29, 1.82) is 0 Å². The third kappa shape index (κ3) is 5.35. The summed E-state index contributed by atoms with van der Waals surface area (Å²) in [6, 6.07) is 11.2. The molecule has 8 nitrogen and oxygen atoms in total. The number of esters is 1. The van der Waals surface area contributed by atoms with Crippen molar-refractivity contribution >= 4 is 22.7 Å². The highest BCUT2D eigenvalue weighted by Crippen LogP contribution is 2.46. The van der Waals surface area contributed by atoms with Gasteiger partial charge in [-0.1, -0.05) is 17.7 Å². The molecule has 6 rings (SSSR count). The van der Waals surface area contributed by atoms with Gasteiger partial charge in [0.05, 0.1) is 36.9 Å². The van der Waals surface area contributed by atoms with Crippen LogP contribution in [0.4, 0.5) is 0 Å². The molecule has 0 radical (unpaired) electrons. The van der Waals surface area contributed by atoms with E-state index in [4.69, 9.17) is 18.6 Å². The number of Topliss-reactive ketones (excluding diaryl/α,β-unsaturated/α-hetero) is 1. The molecule has 0 bridgehead atoms. The Labute approximate surface area is 250 Å². The number of hydrogen-bond acceptors (Lipinski definition) is 8. The van der Waals surface area contributed by atoms with Crippen molar-refractivity contribution in [3.8, 4) is 11.5 Å². The summed E-state index contributed by atoms with van der Waals surface area (Å²) < 4.78 is 23.1. The molecule has 1 fully saturated rings. The Morgan fingerprint density at radius 1 is 1.02 bits per heavy atom. The third-order valence-corrected chi connectivity index (χ3v) is 8.85. The van der Waals surface area contributed by atoms with Gasteiger partial charge in [-0.25, -0.2) is 4.79 Å². The van der Waals surface area contributed by atoms with E-state index in [1.807, 2.05) is 45.0 Å². The van der Waals surface area contributed by atoms with Gasteiger partial charge in [0.25, 0.3) is 0 Å². The topological polar surface area (TPSA) is 104 Å². The number of dihydropyridines is 1. The van der Waals surface area contributed by atoms with Gasteiger partial charge in [-0.2, -0.15) is 0 Å². The normalized spacial score (nSPS) is 20.7. The van der Waals surface area contributed by atoms with E-state index in [1.54, 1.807) is 19.2 Å². The average molecular weight is 584 g/mol. The number of hydrogen-bond donors (Lipinski definition) is 1. The highest BCUT2D eigenvalue weighted by molar-refractivity contribution is 6.04. The lowest BCUT2D eigenvalue weighted by Gasteiger charge is -2.36. The molecule has 0 spiro atoms. The van der Waals surface area contributed by atoms with Crippen LogP contribution in [0.2, 0.25) is 0 Å². The van der Waals surface area contributed by atoms with Crippen LogP contribution in [0.15, 0.2) is 74.4 Å². The number of allylic oxidation sites excluding steroid dienone is 3. The van der Waals surface area contributed by atoms with Gasteiger partial charge in [0.1, 0.15) is 11.7 Å². The number of fused-ring (bicyclic) bond motifs is 1. The second-order valence-corrected chi connectivity index (χ2v) is 11.7. The summed E-state index contributed by atoms with van der Waals surface area (Å²) in [5.41, 5.74) is 4.33. The number of rotatable bonds is 7. The molecule has 0 amide bonds. The van der Waals surface area contributed by atoms with E-state index in [-0.39, 0.29) is 35.2 Å². The molecule has 1 aromatic heterocycles. The van der Waals surface area contributed by atoms with E-state index in [9.17, 15) is 14.4 Å². The highest BCUT2D eigenvalue weighted by Gasteiger charge is 2.43. The molecule has 3 aromatic rings. The molecular formula is C35H37NO7. The van der Waals surface area contributed by atoms with Crippen molar-refractivity contribution in [3.63, 3.8) is 0 Å². The maximum Gasteiger partial charge on any atom is 0.337 e. The standard InChI is InChI=1S/C35H37NO7/c1-5-41-29-13-11-21(17-30(29)40-4)22-15-26-33(27(37)16-22)32(25-18-42-28-12-10-19(2)14-24(28)34(25)38)31(20(3)36-26)35(39)43-23-8-6-7-9-23/h10-14,17-18,22-23,32,36H,5-9,15-16H2,1-4H3/t22-,32+/m1/s1. The summed E-state index contributed by atoms with van der Waals surface area (Å²) in [7, 11) is 1.60. The largest absolute Gasteiger partial charge is 0.493 e. The van der Waals surface area contributed by atoms with E-state index < -0.39 is 11.9 Å². The van der Waals surface area contributed by atoms with Crippen LogP contribution < -0.4 is 20.2 Å². The van der Waals surface area contributed by atoms with Crippen molar-refractivity contribution in [1.82, 2.24) is 5.32 Å². The Morgan fingerprint density at radius 3 is 2.56 bits per heavy atom. The second-order valence-electron chi connectivity index (χ2n) is 11.7. The summed E-state index contributed by atoms with van der Waals surface area (Å²) in [5.74, 6) is -0.385. The zero-order valence-electron chi connectivity index (χ0n) is 25.1. The first-order valence-corrected chi connectivity index (χ1v) is 15.1. The van der Waals surface area contributed by atoms with Crippen LogP contribution in [0.5, 0.6) is 11.5 Å². The Hall–Kier alpha value is -4.33. The fourth-order valence-corrected chi connectivity index (χ4v) is 6.75. The quantitative estimate of drug-likeness (QED) is 0.321. The van der Waals surface area contributed by atoms with Crippen LogP contribution in [0.25, 0.3) is 11.0 Å². The van der Waals surface area contributed by atoms with E-state index in [0.29, 0.717) is 58.0 Å². The van der Waals surface area contributed by atoms with Crippen LogP contribution in [-0.2, 0) is 14.3 Å². The van der Waals surface area contributed by atoms with Gasteiger partial charge in [0.2, 0.25) is 0 Å². The van der Waals surface area contributed by atoms with Crippen molar-refractivity contribution < 1.29 is 28.2 Å². The summed E-state index contributed by atoms with van der Waals surface area (Å²) in [6.07, 6.45) is 5.63. The fourth-order valence-electron chi connectivity index (χ4n) is 6.75. The first-order valence-electron chi connectivity index (χ1n) is 15.1. The van der Waals surface area contributed by atoms with Crippen LogP contribution in [0, 0.1) is 6.92 Å². The van der Waals surface area contributed by atoms with Crippen molar-refractivity contribution in [3.05, 3.63) is 92.1 Å². The lowest BCUT2D eigenvalue weighted by molar-refractivity contribution is -0.144. The number of nitrogens with one attached hydrogen (secondary N) is 1. The molecular weight excluding hydrogens is 546 g/mol. The average Bonchev–Trinajstić information content (AvgIpc) is 3.50. The Kier molecular flexibility index (Phi) is 7.86. The predicted molar refractivity (Wildman–Crippen MR) is 162 cm³/mol. The molecule has 3 aliphatic rings. The number of benzene rings is 2. The Morgan fingerprint density at radius 2 is 1.81 bits per heavy atom. The van der Waals surface area contributed by atoms with Gasteiger partial charge < -0.3 is 23.9 Å². The molecule has 2 aliphatic carbocycles. The molecule has 1 saturated carbocycles. The first kappa shape index (κ1) is 28.8. The molecule has 0 unspecified atom stereocenters. The van der Waals surface area contributed by atoms with Gasteiger partial charge >= 0.3 is 5.97 Å². The lowest BCUT2D eigenvalue weighted by atomic mass is 9.72. The van der Waals surface area contributed by atoms with Gasteiger partial charge in [-0.3, -0.25) is 9.59 Å². The van der Waals surface area contributed by atoms with E-state index in [1.165, 1.54) is 6.26 Å². The van der Waals surface area contributed by atoms with E-state index in [2.05, 4.69) is 5.32 Å². The molecule has 1 aliphatic heterocycles. The van der Waals surface area contributed by atoms with Gasteiger partial charge in [0, 0.05) is 29.0 Å². The minimum absolute atomic E-state index is 0.126. The second kappa shape index (κ2) is 11.7. The molecule has 2 atom stereocenters. The molecule has 0 saturated heterocycles. The Balaban J connectivity index is 1.44. The maximum absolute atomic E-state index is 14.1. The molecule has 224 valence electrons. The smallest absolute Gasteiger partial charge is 0.337 e. The molecule has 43 heavy (non-hydrogen) atoms. The monoisotopic (exact) mass is 583 g/mol. The van der Waals surface area contributed by atoms with E-state index in [0.717, 1.165) is 36.8 Å². The first-order chi connectivity index (χ1) is 20.8. The predicted octanol–water partition coefficient (Wildman–Crippen LogP) is 6.36. The number of carbonyl (C=O) groups is 2. The number of methoxy groups -OCH3 is 1. The lowest BCUT2D eigenvalue weighted by Crippen LogP contribution is -2.38. The van der Waals surface area contributed by atoms with Crippen LogP contribution in [0.3, 0.4) is 0 Å². The van der Waals surface area contributed by atoms with Crippen molar-refractivity contribution in [2.45, 2.75) is 77.2 Å². The third-order valence-electron chi connectivity index (χ3n) is 8.85. The molecule has 8 heteroatoms. The van der Waals surface area contributed by atoms with Crippen LogP contribution in [-0.4, -0.2) is 31.6 Å².